The monoisotopic (exact) mass is 430 g/mol. The maximum absolute atomic E-state index is 13.3. The van der Waals surface area contributed by atoms with Crippen molar-refractivity contribution in [2.75, 3.05) is 12.3 Å². The van der Waals surface area contributed by atoms with E-state index in [1.165, 1.54) is 0 Å². The molecule has 2 N–H and O–H groups in total. The van der Waals surface area contributed by atoms with Crippen LogP contribution in [0, 0.1) is 19.8 Å². The third-order valence-electron chi connectivity index (χ3n) is 5.02. The van der Waals surface area contributed by atoms with E-state index < -0.39 is 11.7 Å². The van der Waals surface area contributed by atoms with E-state index in [0.717, 1.165) is 23.2 Å². The fourth-order valence-electron chi connectivity index (χ4n) is 3.38. The number of aromatic nitrogens is 2. The number of carbonyl (C=O) groups is 1. The molecule has 1 aromatic carbocycles. The largest absolute Gasteiger partial charge is 0.417 e. The third kappa shape index (κ3) is 5.13. The van der Waals surface area contributed by atoms with Gasteiger partial charge in [-0.05, 0) is 61.2 Å². The van der Waals surface area contributed by atoms with Crippen molar-refractivity contribution in [1.29, 1.82) is 0 Å². The Morgan fingerprint density at radius 1 is 1.13 bits per heavy atom. The second kappa shape index (κ2) is 8.53. The van der Waals surface area contributed by atoms with E-state index in [4.69, 9.17) is 5.73 Å². The molecule has 2 aromatic heterocycles. The zero-order chi connectivity index (χ0) is 22.9. The highest BCUT2D eigenvalue weighted by molar-refractivity contribution is 5.98. The molecule has 0 unspecified atom stereocenters. The van der Waals surface area contributed by atoms with Gasteiger partial charge in [0, 0.05) is 23.7 Å². The number of nitrogens with two attached hydrogens (primary N) is 1. The Hall–Kier alpha value is -3.16. The van der Waals surface area contributed by atoms with E-state index in [1.54, 1.807) is 30.0 Å². The van der Waals surface area contributed by atoms with Crippen molar-refractivity contribution in [1.82, 2.24) is 14.9 Å². The van der Waals surface area contributed by atoms with Crippen LogP contribution in [0.5, 0.6) is 0 Å². The lowest BCUT2D eigenvalue weighted by molar-refractivity contribution is -0.137. The first-order chi connectivity index (χ1) is 14.5. The van der Waals surface area contributed by atoms with E-state index in [9.17, 15) is 18.0 Å². The molecule has 0 aliphatic heterocycles. The molecule has 0 bridgehead atoms. The molecular weight excluding hydrogens is 405 g/mol. The lowest BCUT2D eigenvalue weighted by Gasteiger charge is -2.25. The van der Waals surface area contributed by atoms with E-state index in [-0.39, 0.29) is 18.4 Å². The Bertz CT molecular complexity index is 1130. The molecule has 2 heterocycles. The van der Waals surface area contributed by atoms with Crippen LogP contribution in [0.15, 0.2) is 36.5 Å². The summed E-state index contributed by atoms with van der Waals surface area (Å²) in [6.07, 6.45) is -3.64. The molecule has 164 valence electrons. The molecule has 3 rings (SSSR count). The van der Waals surface area contributed by atoms with Crippen molar-refractivity contribution in [2.45, 2.75) is 40.4 Å². The average molecular weight is 430 g/mol. The number of nitrogens with zero attached hydrogens (tertiary/aromatic N) is 3. The minimum Gasteiger partial charge on any atom is -0.383 e. The van der Waals surface area contributed by atoms with Crippen molar-refractivity contribution < 1.29 is 18.0 Å². The normalized spacial score (nSPS) is 11.9. The number of rotatable bonds is 5. The van der Waals surface area contributed by atoms with Crippen molar-refractivity contribution in [3.63, 3.8) is 0 Å². The van der Waals surface area contributed by atoms with E-state index >= 15 is 0 Å². The summed E-state index contributed by atoms with van der Waals surface area (Å²) in [6.45, 7) is 7.94. The summed E-state index contributed by atoms with van der Waals surface area (Å²) >= 11 is 0. The van der Waals surface area contributed by atoms with Crippen LogP contribution < -0.4 is 5.73 Å². The van der Waals surface area contributed by atoms with Gasteiger partial charge in [-0.1, -0.05) is 13.8 Å². The topological polar surface area (TPSA) is 72.1 Å². The molecule has 0 aliphatic rings. The standard InChI is InChI=1S/C23H25F3N4O/c1-13(2)11-30(12-20-14(3)8-18(10-28-20)23(24,25)26)22(31)16-5-6-19-17(9-16)7-15(4)21(27)29-19/h5-10,13H,11-12H2,1-4H3,(H2,27,29). The van der Waals surface area contributed by atoms with Crippen LogP contribution in [0.25, 0.3) is 10.9 Å². The van der Waals surface area contributed by atoms with Gasteiger partial charge in [0.15, 0.2) is 0 Å². The number of pyridine rings is 2. The van der Waals surface area contributed by atoms with Crippen molar-refractivity contribution in [2.24, 2.45) is 5.92 Å². The van der Waals surface area contributed by atoms with Crippen LogP contribution in [-0.4, -0.2) is 27.3 Å². The second-order valence-electron chi connectivity index (χ2n) is 8.16. The Balaban J connectivity index is 1.93. The number of nitrogen functional groups attached to an aromatic ring is 1. The number of carbonyl (C=O) groups excluding carboxylic acids is 1. The highest BCUT2D eigenvalue weighted by Gasteiger charge is 2.31. The Labute approximate surface area is 179 Å². The highest BCUT2D eigenvalue weighted by Crippen LogP contribution is 2.30. The van der Waals surface area contributed by atoms with Gasteiger partial charge in [0.1, 0.15) is 5.82 Å². The molecule has 1 amide bonds. The summed E-state index contributed by atoms with van der Waals surface area (Å²) in [6, 6.07) is 8.13. The summed E-state index contributed by atoms with van der Waals surface area (Å²) < 4.78 is 38.8. The van der Waals surface area contributed by atoms with Crippen LogP contribution in [-0.2, 0) is 12.7 Å². The fourth-order valence-corrected chi connectivity index (χ4v) is 3.38. The van der Waals surface area contributed by atoms with Gasteiger partial charge in [-0.25, -0.2) is 4.98 Å². The zero-order valence-electron chi connectivity index (χ0n) is 17.9. The first-order valence-corrected chi connectivity index (χ1v) is 9.94. The van der Waals surface area contributed by atoms with E-state index in [0.29, 0.717) is 34.7 Å². The van der Waals surface area contributed by atoms with Gasteiger partial charge in [0.2, 0.25) is 0 Å². The van der Waals surface area contributed by atoms with Crippen molar-refractivity contribution in [3.8, 4) is 0 Å². The van der Waals surface area contributed by atoms with Gasteiger partial charge in [-0.15, -0.1) is 0 Å². The van der Waals surface area contributed by atoms with E-state index in [1.807, 2.05) is 26.8 Å². The first-order valence-electron chi connectivity index (χ1n) is 9.94. The van der Waals surface area contributed by atoms with Crippen LogP contribution >= 0.6 is 0 Å². The number of hydrogen-bond acceptors (Lipinski definition) is 4. The summed E-state index contributed by atoms with van der Waals surface area (Å²) in [5, 5.41) is 0.797. The van der Waals surface area contributed by atoms with Crippen LogP contribution in [0.4, 0.5) is 19.0 Å². The van der Waals surface area contributed by atoms with Gasteiger partial charge in [-0.3, -0.25) is 9.78 Å². The third-order valence-corrected chi connectivity index (χ3v) is 5.02. The molecular formula is C23H25F3N4O. The van der Waals surface area contributed by atoms with Gasteiger partial charge in [-0.2, -0.15) is 13.2 Å². The maximum atomic E-state index is 13.3. The van der Waals surface area contributed by atoms with E-state index in [2.05, 4.69) is 9.97 Å². The van der Waals surface area contributed by atoms with Gasteiger partial charge < -0.3 is 10.6 Å². The predicted molar refractivity (Wildman–Crippen MR) is 114 cm³/mol. The average Bonchev–Trinajstić information content (AvgIpc) is 2.67. The molecule has 31 heavy (non-hydrogen) atoms. The van der Waals surface area contributed by atoms with Crippen molar-refractivity contribution >= 4 is 22.6 Å². The molecule has 0 aliphatic carbocycles. The number of hydrogen-bond donors (Lipinski definition) is 1. The number of halogens is 3. The number of aryl methyl sites for hydroxylation is 2. The van der Waals surface area contributed by atoms with Crippen LogP contribution in [0.3, 0.4) is 0 Å². The zero-order valence-corrected chi connectivity index (χ0v) is 17.9. The van der Waals surface area contributed by atoms with Crippen LogP contribution in [0.2, 0.25) is 0 Å². The number of fused-ring (bicyclic) bond motifs is 1. The Morgan fingerprint density at radius 2 is 1.84 bits per heavy atom. The molecule has 5 nitrogen and oxygen atoms in total. The van der Waals surface area contributed by atoms with Crippen molar-refractivity contribution in [3.05, 3.63) is 64.5 Å². The molecule has 3 aromatic rings. The van der Waals surface area contributed by atoms with Gasteiger partial charge >= 0.3 is 6.18 Å². The molecule has 0 saturated heterocycles. The Kier molecular flexibility index (Phi) is 6.20. The number of anilines is 1. The number of alkyl halides is 3. The SMILES string of the molecule is Cc1cc2cc(C(=O)N(Cc3ncc(C(F)(F)F)cc3C)CC(C)C)ccc2nc1N. The summed E-state index contributed by atoms with van der Waals surface area (Å²) in [5.74, 6) is 0.394. The van der Waals surface area contributed by atoms with Gasteiger partial charge in [0.05, 0.1) is 23.3 Å². The van der Waals surface area contributed by atoms with Gasteiger partial charge in [0.25, 0.3) is 5.91 Å². The lowest BCUT2D eigenvalue weighted by atomic mass is 10.1. The molecule has 8 heteroatoms. The number of amides is 1. The lowest BCUT2D eigenvalue weighted by Crippen LogP contribution is -2.34. The summed E-state index contributed by atoms with van der Waals surface area (Å²) in [7, 11) is 0. The maximum Gasteiger partial charge on any atom is 0.417 e. The van der Waals surface area contributed by atoms with Crippen LogP contribution in [0.1, 0.15) is 46.6 Å². The summed E-state index contributed by atoms with van der Waals surface area (Å²) in [5.41, 5.74) is 7.88. The quantitative estimate of drug-likeness (QED) is 0.608. The fraction of sp³-hybridized carbons (Fsp3) is 0.348. The highest BCUT2D eigenvalue weighted by atomic mass is 19.4. The molecule has 0 fully saturated rings. The molecule has 0 saturated carbocycles. The molecule has 0 atom stereocenters. The Morgan fingerprint density at radius 3 is 2.45 bits per heavy atom. The summed E-state index contributed by atoms with van der Waals surface area (Å²) in [4.78, 5) is 23.2. The minimum atomic E-state index is -4.45. The minimum absolute atomic E-state index is 0.123. The molecule has 0 radical (unpaired) electrons. The second-order valence-corrected chi connectivity index (χ2v) is 8.16. The molecule has 0 spiro atoms. The number of benzene rings is 1. The smallest absolute Gasteiger partial charge is 0.383 e. The predicted octanol–water partition coefficient (Wildman–Crippen LogP) is 5.15. The first kappa shape index (κ1) is 22.5.